The normalized spacial score (nSPS) is 19.1. The standard InChI is InChI=1S/C37H43N9O4/c1-5-42-18-25(12-30(35(42)48)41-33-7-6-26(16-39-33)43-10-11-44(23(2)17-43)27-20-50-21-27)28-8-9-38-34(29(28)19-47)46-36(49)31-13-24-14-37(3,4)15-32(24)45(31)22-40-46/h6-9,12-13,16,18,22-23,27,47H,5,10-11,14-15,17,19-21H2,1-4H3,(H,39,41)/t23-/m1/s1. The zero-order chi connectivity index (χ0) is 34.7. The molecule has 1 aliphatic carbocycles. The van der Waals surface area contributed by atoms with Crippen LogP contribution >= 0.6 is 0 Å². The fraction of sp³-hybridized carbons (Fsp3) is 0.432. The van der Waals surface area contributed by atoms with Crippen molar-refractivity contribution in [1.29, 1.82) is 0 Å². The molecule has 0 radical (unpaired) electrons. The number of hydrogen-bond acceptors (Lipinski definition) is 10. The van der Waals surface area contributed by atoms with Crippen molar-refractivity contribution in [2.75, 3.05) is 43.1 Å². The number of aliphatic hydroxyl groups is 1. The lowest BCUT2D eigenvalue weighted by Crippen LogP contribution is -2.60. The van der Waals surface area contributed by atoms with Crippen molar-refractivity contribution >= 4 is 22.7 Å². The van der Waals surface area contributed by atoms with E-state index in [9.17, 15) is 14.7 Å². The molecule has 0 spiro atoms. The van der Waals surface area contributed by atoms with Gasteiger partial charge < -0.3 is 24.6 Å². The molecule has 0 unspecified atom stereocenters. The molecular formula is C37H43N9O4. The first-order chi connectivity index (χ1) is 24.1. The number of nitrogens with one attached hydrogen (secondary N) is 1. The van der Waals surface area contributed by atoms with E-state index in [0.717, 1.165) is 62.6 Å². The number of ether oxygens (including phenoxy) is 1. The molecule has 7 heterocycles. The van der Waals surface area contributed by atoms with Crippen LogP contribution in [0.3, 0.4) is 0 Å². The van der Waals surface area contributed by atoms with Crippen molar-refractivity contribution in [2.24, 2.45) is 5.41 Å². The average molecular weight is 678 g/mol. The zero-order valence-corrected chi connectivity index (χ0v) is 29.0. The molecule has 8 rings (SSSR count). The number of nitrogens with zero attached hydrogens (tertiary/aromatic N) is 8. The Balaban J connectivity index is 1.09. The molecule has 0 amide bonds. The summed E-state index contributed by atoms with van der Waals surface area (Å²) < 4.78 is 10.2. The maximum absolute atomic E-state index is 13.8. The van der Waals surface area contributed by atoms with Crippen LogP contribution in [0.1, 0.15) is 44.5 Å². The smallest absolute Gasteiger partial charge is 0.297 e. The van der Waals surface area contributed by atoms with Crippen molar-refractivity contribution in [3.05, 3.63) is 92.8 Å². The third-order valence-electron chi connectivity index (χ3n) is 10.5. The fourth-order valence-corrected chi connectivity index (χ4v) is 7.86. The predicted octanol–water partition coefficient (Wildman–Crippen LogP) is 3.39. The molecule has 13 heteroatoms. The van der Waals surface area contributed by atoms with Crippen molar-refractivity contribution in [3.8, 4) is 16.9 Å². The number of aliphatic hydroxyl groups excluding tert-OH is 1. The minimum Gasteiger partial charge on any atom is -0.392 e. The highest BCUT2D eigenvalue weighted by atomic mass is 16.5. The van der Waals surface area contributed by atoms with Gasteiger partial charge in [0.1, 0.15) is 23.3 Å². The second-order valence-corrected chi connectivity index (χ2v) is 14.5. The molecule has 2 saturated heterocycles. The van der Waals surface area contributed by atoms with Crippen LogP contribution in [-0.2, 0) is 30.7 Å². The van der Waals surface area contributed by atoms with Gasteiger partial charge in [0.2, 0.25) is 0 Å². The van der Waals surface area contributed by atoms with Gasteiger partial charge in [-0.3, -0.25) is 18.9 Å². The van der Waals surface area contributed by atoms with Crippen molar-refractivity contribution < 1.29 is 9.84 Å². The fourth-order valence-electron chi connectivity index (χ4n) is 7.86. The van der Waals surface area contributed by atoms with Crippen LogP contribution in [0, 0.1) is 5.41 Å². The third-order valence-corrected chi connectivity index (χ3v) is 10.5. The number of anilines is 3. The Labute approximate surface area is 289 Å². The number of hydrogen-bond donors (Lipinski definition) is 2. The molecule has 50 heavy (non-hydrogen) atoms. The second-order valence-electron chi connectivity index (χ2n) is 14.5. The van der Waals surface area contributed by atoms with Gasteiger partial charge in [-0.25, -0.2) is 9.97 Å². The first-order valence-corrected chi connectivity index (χ1v) is 17.4. The van der Waals surface area contributed by atoms with Gasteiger partial charge >= 0.3 is 0 Å². The average Bonchev–Trinajstić information content (AvgIpc) is 3.58. The van der Waals surface area contributed by atoms with Crippen LogP contribution in [0.4, 0.5) is 17.2 Å². The number of rotatable bonds is 8. The summed E-state index contributed by atoms with van der Waals surface area (Å²) >= 11 is 0. The lowest BCUT2D eigenvalue weighted by atomic mass is 9.90. The summed E-state index contributed by atoms with van der Waals surface area (Å²) in [5.74, 6) is 0.796. The van der Waals surface area contributed by atoms with Crippen LogP contribution in [0.2, 0.25) is 0 Å². The maximum atomic E-state index is 13.8. The molecular weight excluding hydrogens is 634 g/mol. The molecule has 260 valence electrons. The van der Waals surface area contributed by atoms with E-state index < -0.39 is 0 Å². The second kappa shape index (κ2) is 12.5. The van der Waals surface area contributed by atoms with E-state index in [1.54, 1.807) is 35.4 Å². The van der Waals surface area contributed by atoms with Gasteiger partial charge in [0.25, 0.3) is 11.1 Å². The summed E-state index contributed by atoms with van der Waals surface area (Å²) in [6.07, 6.45) is 8.63. The Hall–Kier alpha value is -4.85. The lowest BCUT2D eigenvalue weighted by Gasteiger charge is -2.47. The molecule has 13 nitrogen and oxygen atoms in total. The van der Waals surface area contributed by atoms with Gasteiger partial charge in [-0.05, 0) is 73.6 Å². The highest BCUT2D eigenvalue weighted by Gasteiger charge is 2.34. The van der Waals surface area contributed by atoms with Gasteiger partial charge in [0.15, 0.2) is 5.82 Å². The number of piperazine rings is 1. The maximum Gasteiger partial charge on any atom is 0.297 e. The number of aromatic nitrogens is 6. The van der Waals surface area contributed by atoms with E-state index in [1.807, 2.05) is 35.7 Å². The topological polar surface area (TPSA) is 135 Å². The van der Waals surface area contributed by atoms with Crippen LogP contribution in [0.15, 0.2) is 64.8 Å². The summed E-state index contributed by atoms with van der Waals surface area (Å²) in [5.41, 5.74) is 5.59. The molecule has 0 bridgehead atoms. The minimum atomic E-state index is -0.387. The first-order valence-electron chi connectivity index (χ1n) is 17.4. The van der Waals surface area contributed by atoms with Crippen LogP contribution < -0.4 is 21.3 Å². The SMILES string of the molecule is CCn1cc(-c2ccnc(-n3ncn4c5c(cc4c3=O)CC(C)(C)C5)c2CO)cc(Nc2ccc(N3CCN(C4COC4)[C@H](C)C3)cn2)c1=O. The lowest BCUT2D eigenvalue weighted by molar-refractivity contribution is -0.0792. The summed E-state index contributed by atoms with van der Waals surface area (Å²) in [4.78, 5) is 41.4. The summed E-state index contributed by atoms with van der Waals surface area (Å²) in [5, 5.41) is 18.4. The Kier molecular flexibility index (Phi) is 8.08. The van der Waals surface area contributed by atoms with E-state index in [2.05, 4.69) is 51.0 Å². The molecule has 2 fully saturated rings. The molecule has 0 saturated carbocycles. The minimum absolute atomic E-state index is 0.142. The molecule has 2 N–H and O–H groups in total. The number of fused-ring (bicyclic) bond motifs is 3. The molecule has 3 aliphatic rings. The Bertz CT molecular complexity index is 2200. The van der Waals surface area contributed by atoms with Crippen LogP contribution in [0.5, 0.6) is 0 Å². The highest BCUT2D eigenvalue weighted by molar-refractivity contribution is 5.73. The molecule has 1 atom stereocenters. The van der Waals surface area contributed by atoms with Crippen molar-refractivity contribution in [2.45, 2.75) is 65.8 Å². The monoisotopic (exact) mass is 677 g/mol. The Morgan fingerprint density at radius 2 is 1.90 bits per heavy atom. The quantitative estimate of drug-likeness (QED) is 0.252. The van der Waals surface area contributed by atoms with E-state index in [0.29, 0.717) is 52.3 Å². The zero-order valence-electron chi connectivity index (χ0n) is 29.0. The summed E-state index contributed by atoms with van der Waals surface area (Å²) in [6, 6.07) is 10.4. The van der Waals surface area contributed by atoms with Crippen LogP contribution in [0.25, 0.3) is 22.5 Å². The molecule has 2 aliphatic heterocycles. The van der Waals surface area contributed by atoms with Gasteiger partial charge in [-0.2, -0.15) is 9.78 Å². The van der Waals surface area contributed by atoms with Gasteiger partial charge in [0, 0.05) is 61.4 Å². The van der Waals surface area contributed by atoms with E-state index >= 15 is 0 Å². The van der Waals surface area contributed by atoms with Gasteiger partial charge in [-0.1, -0.05) is 13.8 Å². The number of pyridine rings is 3. The summed E-state index contributed by atoms with van der Waals surface area (Å²) in [6.45, 7) is 13.1. The van der Waals surface area contributed by atoms with Gasteiger partial charge in [0.05, 0.1) is 37.7 Å². The summed E-state index contributed by atoms with van der Waals surface area (Å²) in [7, 11) is 0. The van der Waals surface area contributed by atoms with Crippen molar-refractivity contribution in [3.63, 3.8) is 0 Å². The number of aryl methyl sites for hydroxylation is 1. The molecule has 5 aromatic rings. The predicted molar refractivity (Wildman–Crippen MR) is 192 cm³/mol. The van der Waals surface area contributed by atoms with E-state index in [1.165, 1.54) is 4.68 Å². The molecule has 5 aromatic heterocycles. The molecule has 0 aromatic carbocycles. The Morgan fingerprint density at radius 1 is 1.06 bits per heavy atom. The van der Waals surface area contributed by atoms with E-state index in [-0.39, 0.29) is 29.0 Å². The highest BCUT2D eigenvalue weighted by Crippen LogP contribution is 2.37. The van der Waals surface area contributed by atoms with Gasteiger partial charge in [-0.15, -0.1) is 0 Å². The first kappa shape index (κ1) is 32.4. The Morgan fingerprint density at radius 3 is 2.60 bits per heavy atom. The third kappa shape index (κ3) is 5.59. The van der Waals surface area contributed by atoms with Crippen molar-refractivity contribution in [1.82, 2.24) is 33.6 Å². The van der Waals surface area contributed by atoms with Crippen LogP contribution in [-0.4, -0.2) is 83.7 Å². The largest absolute Gasteiger partial charge is 0.392 e. The van der Waals surface area contributed by atoms with E-state index in [4.69, 9.17) is 4.74 Å².